The van der Waals surface area contributed by atoms with Crippen LogP contribution in [0, 0.1) is 22.2 Å². The Morgan fingerprint density at radius 2 is 1.93 bits per heavy atom. The lowest BCUT2D eigenvalue weighted by Gasteiger charge is -2.45. The minimum atomic E-state index is 0.519. The van der Waals surface area contributed by atoms with Gasteiger partial charge in [-0.05, 0) is 54.3 Å². The zero-order valence-corrected chi connectivity index (χ0v) is 10.5. The van der Waals surface area contributed by atoms with Crippen LogP contribution >= 0.6 is 0 Å². The van der Waals surface area contributed by atoms with Crippen molar-refractivity contribution in [3.05, 3.63) is 12.2 Å². The predicted molar refractivity (Wildman–Crippen MR) is 64.7 cm³/mol. The second kappa shape index (κ2) is 2.52. The van der Waals surface area contributed by atoms with Gasteiger partial charge in [0.25, 0.3) is 0 Å². The van der Waals surface area contributed by atoms with E-state index in [0.717, 1.165) is 5.92 Å². The van der Waals surface area contributed by atoms with Crippen molar-refractivity contribution in [2.45, 2.75) is 59.3 Å². The van der Waals surface area contributed by atoms with Crippen LogP contribution in [0.4, 0.5) is 0 Å². The molecule has 0 aromatic rings. The molecule has 3 saturated carbocycles. The lowest BCUT2D eigenvalue weighted by molar-refractivity contribution is 0.0411. The fourth-order valence-electron chi connectivity index (χ4n) is 5.91. The van der Waals surface area contributed by atoms with Gasteiger partial charge in [-0.2, -0.15) is 0 Å². The van der Waals surface area contributed by atoms with Gasteiger partial charge in [-0.25, -0.2) is 0 Å². The van der Waals surface area contributed by atoms with Crippen LogP contribution < -0.4 is 0 Å². The number of allylic oxidation sites excluding steroid dienone is 1. The molecule has 0 heteroatoms. The van der Waals surface area contributed by atoms with Crippen LogP contribution in [0.25, 0.3) is 0 Å². The minimum Gasteiger partial charge on any atom is -0.0992 e. The van der Waals surface area contributed by atoms with E-state index in [-0.39, 0.29) is 0 Å². The van der Waals surface area contributed by atoms with Crippen molar-refractivity contribution in [2.24, 2.45) is 22.2 Å². The first-order valence-corrected chi connectivity index (χ1v) is 6.65. The summed E-state index contributed by atoms with van der Waals surface area (Å²) in [4.78, 5) is 0. The normalized spacial score (nSPS) is 51.9. The van der Waals surface area contributed by atoms with Gasteiger partial charge >= 0.3 is 0 Å². The third kappa shape index (κ3) is 0.797. The standard InChI is InChI=1S/C15H24/c1-11-6-9-14-7-5-8-15(11,14)12(2)10-13(14,3)4/h11H,2,5-10H2,1,3-4H3/t11?,14-,15+/m0/s1. The maximum absolute atomic E-state index is 4.47. The highest BCUT2D eigenvalue weighted by Crippen LogP contribution is 2.79. The Bertz CT molecular complexity index is 325. The Balaban J connectivity index is 2.21. The van der Waals surface area contributed by atoms with Crippen molar-refractivity contribution in [3.63, 3.8) is 0 Å². The minimum absolute atomic E-state index is 0.519. The van der Waals surface area contributed by atoms with Gasteiger partial charge in [-0.15, -0.1) is 0 Å². The third-order valence-corrected chi connectivity index (χ3v) is 6.46. The molecule has 1 unspecified atom stereocenters. The summed E-state index contributed by atoms with van der Waals surface area (Å²) >= 11 is 0. The lowest BCUT2D eigenvalue weighted by Crippen LogP contribution is -2.39. The molecule has 3 fully saturated rings. The molecule has 0 spiro atoms. The highest BCUT2D eigenvalue weighted by atomic mass is 14.7. The van der Waals surface area contributed by atoms with E-state index in [0.29, 0.717) is 16.2 Å². The summed E-state index contributed by atoms with van der Waals surface area (Å²) in [7, 11) is 0. The summed E-state index contributed by atoms with van der Waals surface area (Å²) < 4.78 is 0. The van der Waals surface area contributed by atoms with Crippen molar-refractivity contribution in [1.82, 2.24) is 0 Å². The topological polar surface area (TPSA) is 0 Å². The highest BCUT2D eigenvalue weighted by Gasteiger charge is 2.71. The van der Waals surface area contributed by atoms with Crippen molar-refractivity contribution >= 4 is 0 Å². The highest BCUT2D eigenvalue weighted by molar-refractivity contribution is 5.34. The molecular formula is C15H24. The Labute approximate surface area is 94.1 Å². The van der Waals surface area contributed by atoms with Crippen LogP contribution in [0.5, 0.6) is 0 Å². The van der Waals surface area contributed by atoms with Crippen LogP contribution in [0.15, 0.2) is 12.2 Å². The second-order valence-electron chi connectivity index (χ2n) is 7.01. The van der Waals surface area contributed by atoms with Gasteiger partial charge in [-0.1, -0.05) is 39.3 Å². The van der Waals surface area contributed by atoms with E-state index >= 15 is 0 Å². The van der Waals surface area contributed by atoms with E-state index in [9.17, 15) is 0 Å². The molecule has 3 aliphatic carbocycles. The fourth-order valence-corrected chi connectivity index (χ4v) is 5.91. The maximum atomic E-state index is 4.47. The van der Waals surface area contributed by atoms with Crippen LogP contribution in [0.3, 0.4) is 0 Å². The zero-order chi connectivity index (χ0) is 10.9. The molecule has 0 aromatic heterocycles. The van der Waals surface area contributed by atoms with Gasteiger partial charge in [0.2, 0.25) is 0 Å². The largest absolute Gasteiger partial charge is 0.0992 e. The van der Waals surface area contributed by atoms with Gasteiger partial charge in [0.05, 0.1) is 0 Å². The average Bonchev–Trinajstić information content (AvgIpc) is 2.68. The fraction of sp³-hybridized carbons (Fsp3) is 0.867. The first kappa shape index (κ1) is 9.93. The van der Waals surface area contributed by atoms with Crippen molar-refractivity contribution < 1.29 is 0 Å². The third-order valence-electron chi connectivity index (χ3n) is 6.46. The van der Waals surface area contributed by atoms with Crippen molar-refractivity contribution in [3.8, 4) is 0 Å². The van der Waals surface area contributed by atoms with Gasteiger partial charge < -0.3 is 0 Å². The van der Waals surface area contributed by atoms with Gasteiger partial charge in [0, 0.05) is 0 Å². The number of hydrogen-bond donors (Lipinski definition) is 0. The van der Waals surface area contributed by atoms with E-state index in [4.69, 9.17) is 0 Å². The number of hydrogen-bond acceptors (Lipinski definition) is 0. The summed E-state index contributed by atoms with van der Waals surface area (Å²) in [6.45, 7) is 12.0. The Morgan fingerprint density at radius 1 is 1.20 bits per heavy atom. The van der Waals surface area contributed by atoms with Crippen LogP contribution in [0.2, 0.25) is 0 Å². The summed E-state index contributed by atoms with van der Waals surface area (Å²) in [5, 5.41) is 0. The van der Waals surface area contributed by atoms with E-state index in [1.807, 2.05) is 0 Å². The van der Waals surface area contributed by atoms with E-state index in [2.05, 4.69) is 27.4 Å². The first-order chi connectivity index (χ1) is 6.96. The molecule has 0 radical (unpaired) electrons. The zero-order valence-electron chi connectivity index (χ0n) is 10.5. The molecule has 0 amide bonds. The summed E-state index contributed by atoms with van der Waals surface area (Å²) in [6.07, 6.45) is 8.58. The molecule has 84 valence electrons. The quantitative estimate of drug-likeness (QED) is 0.507. The molecule has 3 atom stereocenters. The van der Waals surface area contributed by atoms with Crippen LogP contribution in [-0.2, 0) is 0 Å². The Kier molecular flexibility index (Phi) is 1.67. The summed E-state index contributed by atoms with van der Waals surface area (Å²) in [5.74, 6) is 0.897. The van der Waals surface area contributed by atoms with Crippen LogP contribution in [0.1, 0.15) is 59.3 Å². The van der Waals surface area contributed by atoms with Gasteiger partial charge in [0.15, 0.2) is 0 Å². The molecule has 0 aliphatic heterocycles. The Hall–Kier alpha value is -0.260. The van der Waals surface area contributed by atoms with E-state index in [1.165, 1.54) is 38.5 Å². The summed E-state index contributed by atoms with van der Waals surface area (Å²) in [5.41, 5.74) is 3.31. The van der Waals surface area contributed by atoms with E-state index < -0.39 is 0 Å². The average molecular weight is 204 g/mol. The lowest BCUT2D eigenvalue weighted by atomic mass is 9.59. The van der Waals surface area contributed by atoms with Gasteiger partial charge in [-0.3, -0.25) is 0 Å². The number of rotatable bonds is 0. The molecule has 0 aromatic carbocycles. The second-order valence-corrected chi connectivity index (χ2v) is 7.01. The molecule has 0 bridgehead atoms. The molecule has 0 heterocycles. The molecule has 0 nitrogen and oxygen atoms in total. The molecule has 0 saturated heterocycles. The van der Waals surface area contributed by atoms with Crippen molar-refractivity contribution in [2.75, 3.05) is 0 Å². The Morgan fingerprint density at radius 3 is 2.60 bits per heavy atom. The first-order valence-electron chi connectivity index (χ1n) is 6.65. The molecule has 3 rings (SSSR count). The monoisotopic (exact) mass is 204 g/mol. The predicted octanol–water partition coefficient (Wildman–Crippen LogP) is 4.56. The molecular weight excluding hydrogens is 180 g/mol. The SMILES string of the molecule is C=C1CC(C)(C)[C@@]23CCC[C@@]12C(C)CC3. The molecule has 3 aliphatic rings. The maximum Gasteiger partial charge on any atom is -0.000339 e. The summed E-state index contributed by atoms with van der Waals surface area (Å²) in [6, 6.07) is 0. The van der Waals surface area contributed by atoms with Crippen LogP contribution in [-0.4, -0.2) is 0 Å². The molecule has 0 N–H and O–H groups in total. The van der Waals surface area contributed by atoms with Gasteiger partial charge in [0.1, 0.15) is 0 Å². The van der Waals surface area contributed by atoms with E-state index in [1.54, 1.807) is 5.57 Å². The smallest absolute Gasteiger partial charge is 0.000339 e. The molecule has 15 heavy (non-hydrogen) atoms. The van der Waals surface area contributed by atoms with Crippen molar-refractivity contribution in [1.29, 1.82) is 0 Å².